The van der Waals surface area contributed by atoms with Crippen molar-refractivity contribution in [2.45, 2.75) is 76.0 Å². The maximum Gasteiger partial charge on any atom is 0.172 e. The van der Waals surface area contributed by atoms with Crippen molar-refractivity contribution in [1.29, 1.82) is 0 Å². The minimum absolute atomic E-state index is 0.194. The van der Waals surface area contributed by atoms with Crippen LogP contribution in [0.2, 0.25) is 0 Å². The number of hydrogen-bond acceptors (Lipinski definition) is 2. The first-order chi connectivity index (χ1) is 11.2. The first-order valence-electron chi connectivity index (χ1n) is 9.16. The molecular weight excluding hydrogens is 399 g/mol. The predicted molar refractivity (Wildman–Crippen MR) is 103 cm³/mol. The van der Waals surface area contributed by atoms with Crippen LogP contribution in [0.5, 0.6) is 5.75 Å². The smallest absolute Gasteiger partial charge is 0.172 e. The van der Waals surface area contributed by atoms with Crippen molar-refractivity contribution in [3.8, 4) is 5.75 Å². The van der Waals surface area contributed by atoms with E-state index < -0.39 is 0 Å². The average Bonchev–Trinajstić information content (AvgIpc) is 2.62. The summed E-state index contributed by atoms with van der Waals surface area (Å²) in [5, 5.41) is 11.0. The van der Waals surface area contributed by atoms with E-state index in [-0.39, 0.29) is 5.78 Å². The molecule has 1 aromatic carbocycles. The van der Waals surface area contributed by atoms with Gasteiger partial charge in [-0.15, -0.1) is 0 Å². The van der Waals surface area contributed by atoms with Crippen LogP contribution in [0.25, 0.3) is 0 Å². The van der Waals surface area contributed by atoms with E-state index in [0.29, 0.717) is 22.0 Å². The number of Topliss-reactive ketones (excluding diaryl/α,β-unsaturated/α-hetero) is 1. The number of halogens is 1. The molecule has 0 saturated heterocycles. The molecule has 126 valence electrons. The van der Waals surface area contributed by atoms with Gasteiger partial charge in [0.15, 0.2) is 5.78 Å². The molecule has 1 N–H and O–H groups in total. The number of rotatable bonds is 4. The first-order valence-corrected chi connectivity index (χ1v) is 10.7. The number of ketones is 1. The quantitative estimate of drug-likeness (QED) is 0.359. The summed E-state index contributed by atoms with van der Waals surface area (Å²) in [6.45, 7) is 0. The molecule has 2 aliphatic rings. The fourth-order valence-electron chi connectivity index (χ4n) is 4.37. The zero-order chi connectivity index (χ0) is 16.2. The predicted octanol–water partition coefficient (Wildman–Crippen LogP) is 6.11. The molecule has 0 aromatic heterocycles. The molecule has 0 atom stereocenters. The van der Waals surface area contributed by atoms with Crippen molar-refractivity contribution in [3.05, 3.63) is 28.8 Å². The van der Waals surface area contributed by atoms with E-state index in [1.54, 1.807) is 0 Å². The number of carbonyl (C=O) groups excluding carboxylic acids is 1. The molecule has 2 fully saturated rings. The van der Waals surface area contributed by atoms with Gasteiger partial charge in [-0.3, -0.25) is 4.79 Å². The lowest BCUT2D eigenvalue weighted by molar-refractivity contribution is 0.102. The zero-order valence-corrected chi connectivity index (χ0v) is 16.0. The van der Waals surface area contributed by atoms with Crippen molar-refractivity contribution >= 4 is 28.4 Å². The number of hydrogen-bond donors (Lipinski definition) is 1. The summed E-state index contributed by atoms with van der Waals surface area (Å²) in [5.74, 6) is 1.58. The number of benzene rings is 1. The molecule has 0 heterocycles. The molecule has 0 unspecified atom stereocenters. The Morgan fingerprint density at radius 3 is 1.74 bits per heavy atom. The number of aromatic hydroxyl groups is 1. The maximum absolute atomic E-state index is 12.3. The van der Waals surface area contributed by atoms with Gasteiger partial charge in [-0.25, -0.2) is 0 Å². The number of phenols is 1. The van der Waals surface area contributed by atoms with E-state index >= 15 is 0 Å². The van der Waals surface area contributed by atoms with Crippen molar-refractivity contribution in [2.24, 2.45) is 0 Å². The van der Waals surface area contributed by atoms with Crippen LogP contribution in [0.3, 0.4) is 0 Å². The third-order valence-electron chi connectivity index (χ3n) is 5.70. The summed E-state index contributed by atoms with van der Waals surface area (Å²) < 4.78 is 0.511. The Balaban J connectivity index is 2.00. The van der Waals surface area contributed by atoms with E-state index in [2.05, 4.69) is 22.6 Å². The third kappa shape index (κ3) is 3.92. The molecule has 0 bridgehead atoms. The highest BCUT2D eigenvalue weighted by molar-refractivity contribution is 14.1. The topological polar surface area (TPSA) is 37.3 Å². The van der Waals surface area contributed by atoms with Crippen LogP contribution in [-0.4, -0.2) is 15.3 Å². The largest absolute Gasteiger partial charge is 0.507 e. The first kappa shape index (κ1) is 17.2. The molecule has 3 rings (SSSR count). The summed E-state index contributed by atoms with van der Waals surface area (Å²) >= 11 is 2.15. The second kappa shape index (κ2) is 8.00. The molecule has 2 aliphatic carbocycles. The number of carbonyl (C=O) groups is 1. The van der Waals surface area contributed by atoms with Crippen LogP contribution in [0.15, 0.2) is 12.1 Å². The van der Waals surface area contributed by atoms with Gasteiger partial charge in [-0.2, -0.15) is 0 Å². The Hall–Kier alpha value is -0.580. The summed E-state index contributed by atoms with van der Waals surface area (Å²) in [4.78, 5) is 12.3. The van der Waals surface area contributed by atoms with Crippen molar-refractivity contribution in [2.75, 3.05) is 4.43 Å². The Morgan fingerprint density at radius 2 is 1.35 bits per heavy atom. The minimum Gasteiger partial charge on any atom is -0.507 e. The summed E-state index contributed by atoms with van der Waals surface area (Å²) in [5.41, 5.74) is 2.93. The third-order valence-corrected chi connectivity index (χ3v) is 6.40. The van der Waals surface area contributed by atoms with Gasteiger partial charge in [0, 0.05) is 5.56 Å². The highest BCUT2D eigenvalue weighted by atomic mass is 127. The molecule has 0 radical (unpaired) electrons. The Bertz CT molecular complexity index is 516. The molecule has 0 spiro atoms. The Labute approximate surface area is 153 Å². The highest BCUT2D eigenvalue weighted by Crippen LogP contribution is 2.44. The molecule has 3 heteroatoms. The van der Waals surface area contributed by atoms with Gasteiger partial charge in [0.1, 0.15) is 5.75 Å². The fraction of sp³-hybridized carbons (Fsp3) is 0.650. The van der Waals surface area contributed by atoms with Crippen LogP contribution >= 0.6 is 22.6 Å². The van der Waals surface area contributed by atoms with Crippen molar-refractivity contribution in [1.82, 2.24) is 0 Å². The summed E-state index contributed by atoms with van der Waals surface area (Å²) in [6.07, 6.45) is 12.2. The van der Waals surface area contributed by atoms with E-state index in [1.165, 1.54) is 38.5 Å². The lowest BCUT2D eigenvalue weighted by Gasteiger charge is -2.28. The molecule has 2 nitrogen and oxygen atoms in total. The van der Waals surface area contributed by atoms with Gasteiger partial charge in [-0.1, -0.05) is 61.1 Å². The molecule has 2 saturated carbocycles. The molecular formula is C20H27IO2. The second-order valence-corrected chi connectivity index (χ2v) is 7.99. The van der Waals surface area contributed by atoms with Crippen LogP contribution in [0, 0.1) is 0 Å². The molecule has 1 aromatic rings. The standard InChI is InChI=1S/C20H27IO2/c21-13-19(22)16-11-17(14-7-3-1-4-8-14)20(23)18(12-16)15-9-5-2-6-10-15/h11-12,14-15,23H,1-10,13H2. The van der Waals surface area contributed by atoms with Gasteiger partial charge in [-0.05, 0) is 60.8 Å². The number of alkyl halides is 1. The normalized spacial score (nSPS) is 20.6. The minimum atomic E-state index is 0.194. The molecule has 0 aliphatic heterocycles. The number of phenolic OH excluding ortho intramolecular Hbond substituents is 1. The van der Waals surface area contributed by atoms with Crippen LogP contribution < -0.4 is 0 Å². The van der Waals surface area contributed by atoms with E-state index in [4.69, 9.17) is 0 Å². The SMILES string of the molecule is O=C(CI)c1cc(C2CCCCC2)c(O)c(C2CCCCC2)c1. The van der Waals surface area contributed by atoms with Crippen LogP contribution in [0.1, 0.15) is 97.5 Å². The van der Waals surface area contributed by atoms with Gasteiger partial charge in [0.25, 0.3) is 0 Å². The lowest BCUT2D eigenvalue weighted by atomic mass is 9.78. The lowest BCUT2D eigenvalue weighted by Crippen LogP contribution is -2.12. The van der Waals surface area contributed by atoms with E-state index in [0.717, 1.165) is 42.4 Å². The zero-order valence-electron chi connectivity index (χ0n) is 13.8. The second-order valence-electron chi connectivity index (χ2n) is 7.23. The highest BCUT2D eigenvalue weighted by Gasteiger charge is 2.26. The summed E-state index contributed by atoms with van der Waals surface area (Å²) in [6, 6.07) is 4.00. The van der Waals surface area contributed by atoms with Crippen LogP contribution in [-0.2, 0) is 0 Å². The van der Waals surface area contributed by atoms with Gasteiger partial charge < -0.3 is 5.11 Å². The average molecular weight is 426 g/mol. The van der Waals surface area contributed by atoms with Crippen molar-refractivity contribution < 1.29 is 9.90 Å². The Morgan fingerprint density at radius 1 is 0.913 bits per heavy atom. The fourth-order valence-corrected chi connectivity index (χ4v) is 4.81. The monoisotopic (exact) mass is 426 g/mol. The molecule has 23 heavy (non-hydrogen) atoms. The van der Waals surface area contributed by atoms with E-state index in [9.17, 15) is 9.90 Å². The van der Waals surface area contributed by atoms with Gasteiger partial charge in [0.2, 0.25) is 0 Å². The Kier molecular flexibility index (Phi) is 6.00. The summed E-state index contributed by atoms with van der Waals surface area (Å²) in [7, 11) is 0. The van der Waals surface area contributed by atoms with E-state index in [1.807, 2.05) is 12.1 Å². The van der Waals surface area contributed by atoms with Gasteiger partial charge >= 0.3 is 0 Å². The molecule has 0 amide bonds. The van der Waals surface area contributed by atoms with Crippen molar-refractivity contribution in [3.63, 3.8) is 0 Å². The van der Waals surface area contributed by atoms with Gasteiger partial charge in [0.05, 0.1) is 4.43 Å². The maximum atomic E-state index is 12.3. The van der Waals surface area contributed by atoms with Crippen LogP contribution in [0.4, 0.5) is 0 Å².